The molecule has 25 heavy (non-hydrogen) atoms. The lowest BCUT2D eigenvalue weighted by Gasteiger charge is -2.32. The van der Waals surface area contributed by atoms with E-state index in [9.17, 15) is 9.59 Å². The zero-order chi connectivity index (χ0) is 18.6. The zero-order valence-electron chi connectivity index (χ0n) is 15.1. The molecule has 138 valence electrons. The Hall–Kier alpha value is -1.95. The first-order chi connectivity index (χ1) is 11.7. The van der Waals surface area contributed by atoms with Crippen molar-refractivity contribution in [1.82, 2.24) is 4.90 Å². The number of amides is 1. The second kappa shape index (κ2) is 7.95. The number of esters is 1. The van der Waals surface area contributed by atoms with Crippen LogP contribution in [-0.2, 0) is 27.2 Å². The molecule has 0 fully saturated rings. The summed E-state index contributed by atoms with van der Waals surface area (Å²) in [5.41, 5.74) is 2.21. The standard InChI is InChI=1S/C18H25ClN2O4/c1-5-24-16(22)10-20-15-7-6-14(19)13-11-21(9-8-12(13)15)17(23)25-18(2,3)4/h6-7,20H,5,8-11H2,1-4H3. The third kappa shape index (κ3) is 5.26. The van der Waals surface area contributed by atoms with Crippen molar-refractivity contribution in [3.63, 3.8) is 0 Å². The summed E-state index contributed by atoms with van der Waals surface area (Å²) in [5.74, 6) is -0.308. The van der Waals surface area contributed by atoms with Gasteiger partial charge in [-0.25, -0.2) is 4.79 Å². The van der Waals surface area contributed by atoms with Gasteiger partial charge in [0, 0.05) is 17.3 Å². The fraction of sp³-hybridized carbons (Fsp3) is 0.556. The van der Waals surface area contributed by atoms with Crippen LogP contribution in [0.1, 0.15) is 38.8 Å². The Kier molecular flexibility index (Phi) is 6.16. The van der Waals surface area contributed by atoms with Gasteiger partial charge in [-0.05, 0) is 57.4 Å². The van der Waals surface area contributed by atoms with E-state index >= 15 is 0 Å². The van der Waals surface area contributed by atoms with Gasteiger partial charge in [0.05, 0.1) is 13.2 Å². The Labute approximate surface area is 153 Å². The number of rotatable bonds is 4. The molecule has 2 rings (SSSR count). The Balaban J connectivity index is 2.12. The second-order valence-corrected chi connectivity index (χ2v) is 7.27. The van der Waals surface area contributed by atoms with Gasteiger partial charge in [-0.3, -0.25) is 4.79 Å². The highest BCUT2D eigenvalue weighted by molar-refractivity contribution is 6.31. The molecule has 6 nitrogen and oxygen atoms in total. The minimum absolute atomic E-state index is 0.0949. The van der Waals surface area contributed by atoms with Gasteiger partial charge in [0.15, 0.2) is 0 Å². The van der Waals surface area contributed by atoms with Crippen LogP contribution in [0.2, 0.25) is 5.02 Å². The highest BCUT2D eigenvalue weighted by Gasteiger charge is 2.28. The second-order valence-electron chi connectivity index (χ2n) is 6.86. The number of ether oxygens (including phenoxy) is 2. The van der Waals surface area contributed by atoms with Gasteiger partial charge in [0.25, 0.3) is 0 Å². The molecule has 0 unspecified atom stereocenters. The molecule has 0 saturated carbocycles. The molecule has 0 saturated heterocycles. The van der Waals surface area contributed by atoms with Crippen LogP contribution >= 0.6 is 11.6 Å². The maximum Gasteiger partial charge on any atom is 0.410 e. The summed E-state index contributed by atoms with van der Waals surface area (Å²) in [6, 6.07) is 3.62. The molecule has 7 heteroatoms. The van der Waals surface area contributed by atoms with Crippen molar-refractivity contribution >= 4 is 29.4 Å². The van der Waals surface area contributed by atoms with E-state index in [0.29, 0.717) is 31.1 Å². The van der Waals surface area contributed by atoms with Gasteiger partial charge in [-0.15, -0.1) is 0 Å². The van der Waals surface area contributed by atoms with E-state index < -0.39 is 5.60 Å². The quantitative estimate of drug-likeness (QED) is 0.822. The van der Waals surface area contributed by atoms with Crippen molar-refractivity contribution in [3.05, 3.63) is 28.3 Å². The number of nitrogens with zero attached hydrogens (tertiary/aromatic N) is 1. The van der Waals surface area contributed by atoms with Crippen molar-refractivity contribution in [2.24, 2.45) is 0 Å². The van der Waals surface area contributed by atoms with Crippen LogP contribution in [0.5, 0.6) is 0 Å². The van der Waals surface area contributed by atoms with Crippen molar-refractivity contribution in [2.75, 3.05) is 25.0 Å². The van der Waals surface area contributed by atoms with Gasteiger partial charge in [0.1, 0.15) is 12.1 Å². The zero-order valence-corrected chi connectivity index (χ0v) is 15.9. The molecule has 1 N–H and O–H groups in total. The Bertz CT molecular complexity index is 655. The lowest BCUT2D eigenvalue weighted by molar-refractivity contribution is -0.140. The van der Waals surface area contributed by atoms with Gasteiger partial charge in [-0.2, -0.15) is 0 Å². The van der Waals surface area contributed by atoms with Crippen LogP contribution in [0.15, 0.2) is 12.1 Å². The van der Waals surface area contributed by atoms with E-state index in [1.54, 1.807) is 17.9 Å². The van der Waals surface area contributed by atoms with Gasteiger partial charge in [0.2, 0.25) is 0 Å². The van der Waals surface area contributed by atoms with E-state index in [2.05, 4.69) is 5.32 Å². The summed E-state index contributed by atoms with van der Waals surface area (Å²) in [6.45, 7) is 8.66. The third-order valence-electron chi connectivity index (χ3n) is 3.73. The largest absolute Gasteiger partial charge is 0.465 e. The number of halogens is 1. The maximum absolute atomic E-state index is 12.3. The lowest BCUT2D eigenvalue weighted by atomic mass is 9.97. The molecule has 1 amide bonds. The predicted octanol–water partition coefficient (Wildman–Crippen LogP) is 3.61. The molecule has 1 aromatic rings. The molecule has 0 atom stereocenters. The van der Waals surface area contributed by atoms with E-state index in [1.807, 2.05) is 26.8 Å². The molecule has 1 aliphatic heterocycles. The number of hydrogen-bond donors (Lipinski definition) is 1. The van der Waals surface area contributed by atoms with Crippen LogP contribution in [0.25, 0.3) is 0 Å². The smallest absolute Gasteiger partial charge is 0.410 e. The van der Waals surface area contributed by atoms with Crippen molar-refractivity contribution in [3.8, 4) is 0 Å². The average molecular weight is 369 g/mol. The molecule has 0 aliphatic carbocycles. The lowest BCUT2D eigenvalue weighted by Crippen LogP contribution is -2.40. The molecule has 1 heterocycles. The van der Waals surface area contributed by atoms with Crippen molar-refractivity contribution in [2.45, 2.75) is 46.3 Å². The van der Waals surface area contributed by atoms with E-state index in [1.165, 1.54) is 0 Å². The van der Waals surface area contributed by atoms with Gasteiger partial charge >= 0.3 is 12.1 Å². The summed E-state index contributed by atoms with van der Waals surface area (Å²) in [7, 11) is 0. The topological polar surface area (TPSA) is 67.9 Å². The minimum Gasteiger partial charge on any atom is -0.465 e. The number of fused-ring (bicyclic) bond motifs is 1. The average Bonchev–Trinajstić information content (AvgIpc) is 2.53. The van der Waals surface area contributed by atoms with Crippen molar-refractivity contribution < 1.29 is 19.1 Å². The normalized spacial score (nSPS) is 13.9. The summed E-state index contributed by atoms with van der Waals surface area (Å²) in [5, 5.41) is 3.70. The molecule has 1 aromatic carbocycles. The highest BCUT2D eigenvalue weighted by atomic mass is 35.5. The number of anilines is 1. The number of carbonyl (C=O) groups is 2. The maximum atomic E-state index is 12.3. The third-order valence-corrected chi connectivity index (χ3v) is 4.09. The molecule has 0 bridgehead atoms. The summed E-state index contributed by atoms with van der Waals surface area (Å²) in [4.78, 5) is 25.5. The van der Waals surface area contributed by atoms with Crippen LogP contribution in [0.4, 0.5) is 10.5 Å². The molecule has 1 aliphatic rings. The summed E-state index contributed by atoms with van der Waals surface area (Å²) < 4.78 is 10.4. The molecular formula is C18H25ClN2O4. The SMILES string of the molecule is CCOC(=O)CNc1ccc(Cl)c2c1CCN(C(=O)OC(C)(C)C)C2. The van der Waals surface area contributed by atoms with E-state index in [0.717, 1.165) is 16.8 Å². The Morgan fingerprint density at radius 1 is 1.28 bits per heavy atom. The summed E-state index contributed by atoms with van der Waals surface area (Å²) >= 11 is 6.33. The first-order valence-electron chi connectivity index (χ1n) is 8.39. The Morgan fingerprint density at radius 3 is 2.64 bits per heavy atom. The minimum atomic E-state index is -0.538. The van der Waals surface area contributed by atoms with Crippen LogP contribution in [-0.4, -0.2) is 42.3 Å². The van der Waals surface area contributed by atoms with Crippen LogP contribution < -0.4 is 5.32 Å². The van der Waals surface area contributed by atoms with Crippen LogP contribution in [0.3, 0.4) is 0 Å². The Morgan fingerprint density at radius 2 is 2.00 bits per heavy atom. The predicted molar refractivity (Wildman–Crippen MR) is 96.9 cm³/mol. The first-order valence-corrected chi connectivity index (χ1v) is 8.76. The number of benzene rings is 1. The van der Waals surface area contributed by atoms with Crippen LogP contribution in [0, 0.1) is 0 Å². The number of carbonyl (C=O) groups excluding carboxylic acids is 2. The van der Waals surface area contributed by atoms with Gasteiger partial charge in [-0.1, -0.05) is 11.6 Å². The molecule has 0 aromatic heterocycles. The monoisotopic (exact) mass is 368 g/mol. The van der Waals surface area contributed by atoms with Gasteiger partial charge < -0.3 is 19.7 Å². The van der Waals surface area contributed by atoms with Crippen molar-refractivity contribution in [1.29, 1.82) is 0 Å². The number of nitrogens with one attached hydrogen (secondary N) is 1. The van der Waals surface area contributed by atoms with E-state index in [4.69, 9.17) is 21.1 Å². The number of hydrogen-bond acceptors (Lipinski definition) is 5. The molecular weight excluding hydrogens is 344 g/mol. The van der Waals surface area contributed by atoms with E-state index in [-0.39, 0.29) is 18.6 Å². The summed E-state index contributed by atoms with van der Waals surface area (Å²) in [6.07, 6.45) is 0.291. The molecule has 0 radical (unpaired) electrons. The fourth-order valence-electron chi connectivity index (χ4n) is 2.66. The fourth-order valence-corrected chi connectivity index (χ4v) is 2.90. The molecule has 0 spiro atoms. The first kappa shape index (κ1) is 19.4. The highest BCUT2D eigenvalue weighted by Crippen LogP contribution is 2.32.